The summed E-state index contributed by atoms with van der Waals surface area (Å²) in [6.45, 7) is 0. The summed E-state index contributed by atoms with van der Waals surface area (Å²) < 4.78 is 166. The molecule has 6 N–H and O–H groups in total. The summed E-state index contributed by atoms with van der Waals surface area (Å²) in [6.07, 6.45) is -19.9. The Balaban J connectivity index is 0.000000274. The second kappa shape index (κ2) is 14.0. The van der Waals surface area contributed by atoms with Crippen LogP contribution >= 0.6 is 0 Å². The average molecular weight is 730 g/mol. The molecule has 0 heterocycles. The van der Waals surface area contributed by atoms with Gasteiger partial charge in [0.25, 0.3) is 0 Å². The second-order valence-electron chi connectivity index (χ2n) is 9.74. The summed E-state index contributed by atoms with van der Waals surface area (Å²) in [4.78, 5) is 21.6. The van der Waals surface area contributed by atoms with Gasteiger partial charge in [-0.15, -0.1) is 0 Å². The molecule has 268 valence electrons. The first-order valence-corrected chi connectivity index (χ1v) is 13.0. The van der Waals surface area contributed by atoms with Crippen molar-refractivity contribution in [1.82, 2.24) is 0 Å². The van der Waals surface area contributed by atoms with Crippen molar-refractivity contribution in [3.63, 3.8) is 0 Å². The number of carboxylic acids is 2. The molecule has 0 saturated heterocycles. The van der Waals surface area contributed by atoms with Crippen LogP contribution in [0.2, 0.25) is 0 Å². The van der Waals surface area contributed by atoms with Gasteiger partial charge < -0.3 is 31.2 Å². The maximum absolute atomic E-state index is 13.1. The lowest BCUT2D eigenvalue weighted by Crippen LogP contribution is -2.12. The van der Waals surface area contributed by atoms with E-state index in [1.807, 2.05) is 0 Å². The summed E-state index contributed by atoms with van der Waals surface area (Å²) in [5.41, 5.74) is 2.94. The number of hydrogen-bond acceptors (Lipinski definition) is 6. The Morgan fingerprint density at radius 2 is 0.680 bits per heavy atom. The monoisotopic (exact) mass is 730 g/mol. The lowest BCUT2D eigenvalue weighted by molar-refractivity contribution is -0.141. The SMILES string of the molecule is Nc1ccc(Oc2ccc(N)cc2C(F)(F)F)c(C(F)(F)F)c1.O=C(O)c1ccc(Oc2ccc(C(=O)O)cc2C(F)(F)F)c(C(F)(F)F)c1. The fourth-order valence-electron chi connectivity index (χ4n) is 3.90. The van der Waals surface area contributed by atoms with Gasteiger partial charge in [-0.25, -0.2) is 9.59 Å². The van der Waals surface area contributed by atoms with Gasteiger partial charge in [0.05, 0.1) is 22.3 Å². The van der Waals surface area contributed by atoms with E-state index in [9.17, 15) is 62.3 Å². The van der Waals surface area contributed by atoms with Crippen molar-refractivity contribution < 1.29 is 82.0 Å². The number of anilines is 2. The number of ether oxygens (including phenoxy) is 2. The van der Waals surface area contributed by atoms with Gasteiger partial charge >= 0.3 is 36.6 Å². The van der Waals surface area contributed by atoms with Crippen LogP contribution in [0.25, 0.3) is 0 Å². The molecule has 0 unspecified atom stereocenters. The Hall–Kier alpha value is -5.82. The fourth-order valence-corrected chi connectivity index (χ4v) is 3.90. The third-order valence-electron chi connectivity index (χ3n) is 6.12. The first kappa shape index (κ1) is 38.6. The van der Waals surface area contributed by atoms with Gasteiger partial charge in [0.15, 0.2) is 0 Å². The van der Waals surface area contributed by atoms with E-state index in [1.54, 1.807) is 0 Å². The molecule has 4 rings (SSSR count). The van der Waals surface area contributed by atoms with Gasteiger partial charge in [0, 0.05) is 11.4 Å². The predicted molar refractivity (Wildman–Crippen MR) is 149 cm³/mol. The Bertz CT molecular complexity index is 1770. The Kier molecular flexibility index (Phi) is 10.8. The minimum atomic E-state index is -5.11. The molecule has 0 spiro atoms. The van der Waals surface area contributed by atoms with Crippen molar-refractivity contribution in [2.24, 2.45) is 0 Å². The van der Waals surface area contributed by atoms with Crippen molar-refractivity contribution >= 4 is 23.3 Å². The Morgan fingerprint density at radius 1 is 0.440 bits per heavy atom. The first-order chi connectivity index (χ1) is 22.8. The molecule has 0 amide bonds. The molecule has 0 aromatic heterocycles. The predicted octanol–water partition coefficient (Wildman–Crippen LogP) is 9.59. The van der Waals surface area contributed by atoms with E-state index in [0.717, 1.165) is 36.4 Å². The molecule has 0 fully saturated rings. The number of nitrogens with two attached hydrogens (primary N) is 2. The van der Waals surface area contributed by atoms with Crippen LogP contribution in [0.5, 0.6) is 23.0 Å². The minimum Gasteiger partial charge on any atom is -0.478 e. The number of rotatable bonds is 6. The van der Waals surface area contributed by atoms with E-state index in [-0.39, 0.29) is 23.5 Å². The Labute approximate surface area is 271 Å². The molecule has 0 radical (unpaired) electrons. The molecular formula is C30H18F12N2O6. The average Bonchev–Trinajstić information content (AvgIpc) is 2.97. The lowest BCUT2D eigenvalue weighted by atomic mass is 10.1. The van der Waals surface area contributed by atoms with Crippen LogP contribution in [-0.2, 0) is 24.7 Å². The lowest BCUT2D eigenvalue weighted by Gasteiger charge is -2.18. The molecule has 4 aromatic carbocycles. The highest BCUT2D eigenvalue weighted by Gasteiger charge is 2.39. The summed E-state index contributed by atoms with van der Waals surface area (Å²) >= 11 is 0. The third-order valence-corrected chi connectivity index (χ3v) is 6.12. The maximum Gasteiger partial charge on any atom is 0.420 e. The summed E-state index contributed by atoms with van der Waals surface area (Å²) in [6, 6.07) is 8.09. The van der Waals surface area contributed by atoms with Crippen molar-refractivity contribution in [1.29, 1.82) is 0 Å². The van der Waals surface area contributed by atoms with Gasteiger partial charge in [0.1, 0.15) is 34.1 Å². The quantitative estimate of drug-likeness (QED) is 0.113. The number of halogens is 12. The van der Waals surface area contributed by atoms with E-state index in [0.29, 0.717) is 24.3 Å². The minimum absolute atomic E-state index is 0.196. The highest BCUT2D eigenvalue weighted by Crippen LogP contribution is 2.45. The Morgan fingerprint density at radius 3 is 0.920 bits per heavy atom. The number of nitrogen functional groups attached to an aromatic ring is 2. The zero-order chi connectivity index (χ0) is 38.0. The van der Waals surface area contributed by atoms with Crippen LogP contribution in [0, 0.1) is 0 Å². The maximum atomic E-state index is 13.1. The molecule has 20 heteroatoms. The molecule has 50 heavy (non-hydrogen) atoms. The summed E-state index contributed by atoms with van der Waals surface area (Å²) in [7, 11) is 0. The van der Waals surface area contributed by atoms with Crippen molar-refractivity contribution in [3.05, 3.63) is 106 Å². The normalized spacial score (nSPS) is 12.1. The molecule has 0 saturated carbocycles. The van der Waals surface area contributed by atoms with E-state index < -0.39 is 93.0 Å². The largest absolute Gasteiger partial charge is 0.478 e. The molecule has 8 nitrogen and oxygen atoms in total. The van der Waals surface area contributed by atoms with Crippen molar-refractivity contribution in [2.75, 3.05) is 11.5 Å². The number of aromatic carboxylic acids is 2. The zero-order valence-electron chi connectivity index (χ0n) is 24.1. The molecule has 0 aliphatic carbocycles. The van der Waals surface area contributed by atoms with Crippen LogP contribution in [-0.4, -0.2) is 22.2 Å². The number of hydrogen-bond donors (Lipinski definition) is 4. The van der Waals surface area contributed by atoms with Crippen LogP contribution in [0.4, 0.5) is 64.1 Å². The molecule has 0 aliphatic rings. The second-order valence-corrected chi connectivity index (χ2v) is 9.74. The number of benzene rings is 4. The molecule has 0 aliphatic heterocycles. The van der Waals surface area contributed by atoms with Crippen molar-refractivity contribution in [2.45, 2.75) is 24.7 Å². The zero-order valence-corrected chi connectivity index (χ0v) is 24.1. The molecule has 4 aromatic rings. The molecule has 0 atom stereocenters. The number of carbonyl (C=O) groups is 2. The first-order valence-electron chi connectivity index (χ1n) is 13.0. The van der Waals surface area contributed by atoms with Crippen LogP contribution in [0.3, 0.4) is 0 Å². The van der Waals surface area contributed by atoms with Crippen molar-refractivity contribution in [3.8, 4) is 23.0 Å². The standard InChI is InChI=1S/C16H8F6O5.C14H10F6N2O/c17-15(18,19)9-5-7(13(23)24)1-3-11(9)27-12-4-2-8(14(25)26)6-10(12)16(20,21)22;15-13(16,17)9-5-7(21)1-3-11(9)23-12-4-2-8(22)6-10(12)14(18,19)20/h1-6H,(H,23,24)(H,25,26);1-6H,21-22H2. The topological polar surface area (TPSA) is 145 Å². The summed E-state index contributed by atoms with van der Waals surface area (Å²) in [5, 5.41) is 17.6. The van der Waals surface area contributed by atoms with E-state index >= 15 is 0 Å². The van der Waals surface area contributed by atoms with Crippen LogP contribution < -0.4 is 20.9 Å². The van der Waals surface area contributed by atoms with Gasteiger partial charge in [-0.1, -0.05) is 0 Å². The van der Waals surface area contributed by atoms with Gasteiger partial charge in [0.2, 0.25) is 0 Å². The van der Waals surface area contributed by atoms with E-state index in [4.69, 9.17) is 31.2 Å². The highest BCUT2D eigenvalue weighted by atomic mass is 19.4. The van der Waals surface area contributed by atoms with E-state index in [2.05, 4.69) is 0 Å². The van der Waals surface area contributed by atoms with Gasteiger partial charge in [-0.3, -0.25) is 0 Å². The molecular weight excluding hydrogens is 712 g/mol. The number of alkyl halides is 12. The van der Waals surface area contributed by atoms with Gasteiger partial charge in [-0.2, -0.15) is 52.7 Å². The smallest absolute Gasteiger partial charge is 0.420 e. The van der Waals surface area contributed by atoms with E-state index in [1.165, 1.54) is 0 Å². The highest BCUT2D eigenvalue weighted by molar-refractivity contribution is 5.89. The molecule has 0 bridgehead atoms. The number of carboxylic acid groups (broad SMARTS) is 2. The summed E-state index contributed by atoms with van der Waals surface area (Å²) in [5.74, 6) is -7.06. The fraction of sp³-hybridized carbons (Fsp3) is 0.133. The third kappa shape index (κ3) is 9.63. The van der Waals surface area contributed by atoms with Crippen LogP contribution in [0.15, 0.2) is 72.8 Å². The van der Waals surface area contributed by atoms with Gasteiger partial charge in [-0.05, 0) is 72.8 Å². The van der Waals surface area contributed by atoms with Crippen LogP contribution in [0.1, 0.15) is 43.0 Å².